The molecule has 0 heterocycles. The second-order valence-corrected chi connectivity index (χ2v) is 4.67. The molecule has 76 valence electrons. The molecule has 0 heteroatoms. The van der Waals surface area contributed by atoms with Crippen molar-refractivity contribution in [3.63, 3.8) is 0 Å². The third-order valence-electron chi connectivity index (χ3n) is 3.95. The zero-order chi connectivity index (χ0) is 10.6. The summed E-state index contributed by atoms with van der Waals surface area (Å²) >= 11 is 0. The summed E-state index contributed by atoms with van der Waals surface area (Å²) in [4.78, 5) is 0. The minimum atomic E-state index is 0.202. The third-order valence-corrected chi connectivity index (χ3v) is 3.95. The lowest BCUT2D eigenvalue weighted by Gasteiger charge is -2.33. The van der Waals surface area contributed by atoms with E-state index in [1.54, 1.807) is 0 Å². The Labute approximate surface area is 95.2 Å². The first-order valence-corrected chi connectivity index (χ1v) is 5.79. The Morgan fingerprint density at radius 3 is 1.69 bits per heavy atom. The maximum absolute atomic E-state index is 2.36. The van der Waals surface area contributed by atoms with Gasteiger partial charge in [0.1, 0.15) is 0 Å². The summed E-state index contributed by atoms with van der Waals surface area (Å²) in [7, 11) is 0. The SMILES string of the molecule is C1=CC2(C1)c1ccccc1-c1ccccc12. The van der Waals surface area contributed by atoms with Crippen LogP contribution in [0.15, 0.2) is 60.7 Å². The minimum Gasteiger partial charge on any atom is -0.0858 e. The van der Waals surface area contributed by atoms with Crippen molar-refractivity contribution in [2.24, 2.45) is 0 Å². The zero-order valence-corrected chi connectivity index (χ0v) is 8.98. The van der Waals surface area contributed by atoms with Crippen molar-refractivity contribution in [1.82, 2.24) is 0 Å². The highest BCUT2D eigenvalue weighted by Gasteiger charge is 2.43. The minimum absolute atomic E-state index is 0.202. The highest BCUT2D eigenvalue weighted by Crippen LogP contribution is 2.54. The van der Waals surface area contributed by atoms with Gasteiger partial charge in [-0.25, -0.2) is 0 Å². The number of hydrogen-bond acceptors (Lipinski definition) is 0. The van der Waals surface area contributed by atoms with Crippen LogP contribution in [0.3, 0.4) is 0 Å². The van der Waals surface area contributed by atoms with Crippen LogP contribution in [0.1, 0.15) is 17.5 Å². The third kappa shape index (κ3) is 0.780. The van der Waals surface area contributed by atoms with Crippen molar-refractivity contribution in [1.29, 1.82) is 0 Å². The van der Waals surface area contributed by atoms with Gasteiger partial charge >= 0.3 is 0 Å². The number of benzene rings is 2. The van der Waals surface area contributed by atoms with Crippen molar-refractivity contribution in [2.75, 3.05) is 0 Å². The van der Waals surface area contributed by atoms with Crippen LogP contribution >= 0.6 is 0 Å². The molecule has 4 rings (SSSR count). The summed E-state index contributed by atoms with van der Waals surface area (Å²) in [5.74, 6) is 0. The van der Waals surface area contributed by atoms with Crippen LogP contribution in [-0.4, -0.2) is 0 Å². The van der Waals surface area contributed by atoms with Gasteiger partial charge < -0.3 is 0 Å². The predicted molar refractivity (Wildman–Crippen MR) is 66.4 cm³/mol. The van der Waals surface area contributed by atoms with Crippen molar-refractivity contribution >= 4 is 0 Å². The monoisotopic (exact) mass is 204 g/mol. The van der Waals surface area contributed by atoms with Gasteiger partial charge in [-0.05, 0) is 28.7 Å². The Morgan fingerprint density at radius 2 is 1.25 bits per heavy atom. The van der Waals surface area contributed by atoms with E-state index in [-0.39, 0.29) is 5.41 Å². The fraction of sp³-hybridized carbons (Fsp3) is 0.125. The van der Waals surface area contributed by atoms with Crippen LogP contribution in [0.4, 0.5) is 0 Å². The standard InChI is InChI=1S/C16H12/c1-3-8-14-12(6-1)13-7-2-4-9-15(13)16(14)10-5-11-16/h1-10H,11H2. The zero-order valence-electron chi connectivity index (χ0n) is 8.98. The normalized spacial score (nSPS) is 18.0. The van der Waals surface area contributed by atoms with Gasteiger partial charge in [0.2, 0.25) is 0 Å². The molecule has 0 amide bonds. The van der Waals surface area contributed by atoms with E-state index in [1.165, 1.54) is 22.3 Å². The topological polar surface area (TPSA) is 0 Å². The van der Waals surface area contributed by atoms with E-state index in [0.29, 0.717) is 0 Å². The molecular weight excluding hydrogens is 192 g/mol. The number of hydrogen-bond donors (Lipinski definition) is 0. The lowest BCUT2D eigenvalue weighted by molar-refractivity contribution is 0.616. The van der Waals surface area contributed by atoms with Gasteiger partial charge in [0, 0.05) is 5.41 Å². The van der Waals surface area contributed by atoms with Gasteiger partial charge in [0.15, 0.2) is 0 Å². The maximum Gasteiger partial charge on any atom is 0.0428 e. The largest absolute Gasteiger partial charge is 0.0858 e. The van der Waals surface area contributed by atoms with Gasteiger partial charge in [-0.15, -0.1) is 0 Å². The molecular formula is C16H12. The van der Waals surface area contributed by atoms with Crippen molar-refractivity contribution in [2.45, 2.75) is 11.8 Å². The van der Waals surface area contributed by atoms with E-state index in [2.05, 4.69) is 60.7 Å². The Balaban J connectivity index is 2.15. The first kappa shape index (κ1) is 8.35. The van der Waals surface area contributed by atoms with E-state index in [0.717, 1.165) is 6.42 Å². The Morgan fingerprint density at radius 1 is 0.750 bits per heavy atom. The Hall–Kier alpha value is -1.82. The summed E-state index contributed by atoms with van der Waals surface area (Å²) < 4.78 is 0. The van der Waals surface area contributed by atoms with Gasteiger partial charge in [-0.2, -0.15) is 0 Å². The van der Waals surface area contributed by atoms with Crippen LogP contribution in [-0.2, 0) is 5.41 Å². The molecule has 0 saturated heterocycles. The van der Waals surface area contributed by atoms with Crippen LogP contribution in [0.2, 0.25) is 0 Å². The molecule has 2 aliphatic carbocycles. The van der Waals surface area contributed by atoms with Gasteiger partial charge in [-0.1, -0.05) is 60.7 Å². The van der Waals surface area contributed by atoms with Gasteiger partial charge in [-0.3, -0.25) is 0 Å². The summed E-state index contributed by atoms with van der Waals surface area (Å²) in [5, 5.41) is 0. The number of fused-ring (bicyclic) bond motifs is 5. The van der Waals surface area contributed by atoms with Gasteiger partial charge in [0.05, 0.1) is 0 Å². The fourth-order valence-corrected chi connectivity index (χ4v) is 3.11. The lowest BCUT2D eigenvalue weighted by Crippen LogP contribution is -2.27. The second-order valence-electron chi connectivity index (χ2n) is 4.67. The summed E-state index contributed by atoms with van der Waals surface area (Å²) in [6.45, 7) is 0. The van der Waals surface area contributed by atoms with Crippen molar-refractivity contribution < 1.29 is 0 Å². The molecule has 0 radical (unpaired) electrons. The molecule has 0 saturated carbocycles. The average Bonchev–Trinajstić information content (AvgIpc) is 2.59. The molecule has 0 bridgehead atoms. The van der Waals surface area contributed by atoms with E-state index >= 15 is 0 Å². The molecule has 2 aromatic rings. The van der Waals surface area contributed by atoms with E-state index in [1.807, 2.05) is 0 Å². The van der Waals surface area contributed by atoms with E-state index < -0.39 is 0 Å². The molecule has 2 aromatic carbocycles. The molecule has 0 unspecified atom stereocenters. The fourth-order valence-electron chi connectivity index (χ4n) is 3.11. The number of allylic oxidation sites excluding steroid dienone is 2. The summed E-state index contributed by atoms with van der Waals surface area (Å²) in [6, 6.07) is 17.6. The van der Waals surface area contributed by atoms with E-state index in [4.69, 9.17) is 0 Å². The van der Waals surface area contributed by atoms with Crippen molar-refractivity contribution in [3.8, 4) is 11.1 Å². The van der Waals surface area contributed by atoms with Crippen LogP contribution in [0.25, 0.3) is 11.1 Å². The molecule has 0 nitrogen and oxygen atoms in total. The molecule has 2 aliphatic rings. The number of rotatable bonds is 0. The quantitative estimate of drug-likeness (QED) is 0.571. The molecule has 0 aromatic heterocycles. The lowest BCUT2D eigenvalue weighted by atomic mass is 9.69. The Bertz CT molecular complexity index is 559. The first-order valence-electron chi connectivity index (χ1n) is 5.79. The molecule has 0 N–H and O–H groups in total. The van der Waals surface area contributed by atoms with Crippen LogP contribution < -0.4 is 0 Å². The maximum atomic E-state index is 2.36. The first-order chi connectivity index (χ1) is 7.92. The highest BCUT2D eigenvalue weighted by atomic mass is 14.4. The smallest absolute Gasteiger partial charge is 0.0428 e. The predicted octanol–water partition coefficient (Wildman–Crippen LogP) is 3.91. The van der Waals surface area contributed by atoms with Crippen LogP contribution in [0, 0.1) is 0 Å². The summed E-state index contributed by atoms with van der Waals surface area (Å²) in [5.41, 5.74) is 6.01. The van der Waals surface area contributed by atoms with Crippen molar-refractivity contribution in [3.05, 3.63) is 71.8 Å². The summed E-state index contributed by atoms with van der Waals surface area (Å²) in [6.07, 6.45) is 5.79. The molecule has 0 aliphatic heterocycles. The molecule has 0 atom stereocenters. The second kappa shape index (κ2) is 2.65. The van der Waals surface area contributed by atoms with Gasteiger partial charge in [0.25, 0.3) is 0 Å². The highest BCUT2D eigenvalue weighted by molar-refractivity contribution is 5.83. The van der Waals surface area contributed by atoms with E-state index in [9.17, 15) is 0 Å². The molecule has 1 spiro atoms. The van der Waals surface area contributed by atoms with Crippen LogP contribution in [0.5, 0.6) is 0 Å². The Kier molecular flexibility index (Phi) is 1.38. The molecule has 16 heavy (non-hydrogen) atoms. The average molecular weight is 204 g/mol. The molecule has 0 fully saturated rings.